The number of hydrogen-bond donors (Lipinski definition) is 2. The van der Waals surface area contributed by atoms with Crippen LogP contribution in [-0.4, -0.2) is 41.8 Å². The van der Waals surface area contributed by atoms with E-state index in [1.54, 1.807) is 0 Å². The first-order valence-electron chi connectivity index (χ1n) is 6.93. The molecule has 3 heteroatoms. The van der Waals surface area contributed by atoms with Gasteiger partial charge >= 0.3 is 0 Å². The van der Waals surface area contributed by atoms with Crippen LogP contribution in [0.1, 0.15) is 44.9 Å². The van der Waals surface area contributed by atoms with E-state index in [-0.39, 0.29) is 6.10 Å². The van der Waals surface area contributed by atoms with Crippen molar-refractivity contribution in [2.24, 2.45) is 11.7 Å². The van der Waals surface area contributed by atoms with Gasteiger partial charge in [0.1, 0.15) is 0 Å². The third-order valence-corrected chi connectivity index (χ3v) is 4.38. The Morgan fingerprint density at radius 3 is 2.75 bits per heavy atom. The maximum absolute atomic E-state index is 9.53. The van der Waals surface area contributed by atoms with E-state index in [2.05, 4.69) is 4.90 Å². The first-order valence-corrected chi connectivity index (χ1v) is 6.93. The van der Waals surface area contributed by atoms with Gasteiger partial charge in [-0.15, -0.1) is 0 Å². The normalized spacial score (nSPS) is 33.4. The summed E-state index contributed by atoms with van der Waals surface area (Å²) in [5.41, 5.74) is 5.45. The van der Waals surface area contributed by atoms with Crippen LogP contribution < -0.4 is 5.73 Å². The van der Waals surface area contributed by atoms with Crippen LogP contribution in [0.2, 0.25) is 0 Å². The molecule has 3 N–H and O–H groups in total. The largest absolute Gasteiger partial charge is 0.392 e. The summed E-state index contributed by atoms with van der Waals surface area (Å²) in [6, 6.07) is 0.812. The lowest BCUT2D eigenvalue weighted by Gasteiger charge is -2.44. The Balaban J connectivity index is 1.82. The smallest absolute Gasteiger partial charge is 0.0674 e. The van der Waals surface area contributed by atoms with E-state index in [1.165, 1.54) is 45.1 Å². The van der Waals surface area contributed by atoms with Crippen molar-refractivity contribution < 1.29 is 5.11 Å². The van der Waals surface area contributed by atoms with Crippen LogP contribution in [0.25, 0.3) is 0 Å². The molecule has 1 aliphatic heterocycles. The predicted octanol–water partition coefficient (Wildman–Crippen LogP) is 1.35. The first kappa shape index (κ1) is 12.3. The first-order chi connectivity index (χ1) is 7.81. The molecule has 0 aromatic carbocycles. The van der Waals surface area contributed by atoms with Crippen molar-refractivity contribution in [2.45, 2.75) is 57.1 Å². The van der Waals surface area contributed by atoms with Gasteiger partial charge in [0, 0.05) is 19.1 Å². The number of likely N-dealkylation sites (tertiary alicyclic amines) is 1. The second-order valence-corrected chi connectivity index (χ2v) is 5.47. The van der Waals surface area contributed by atoms with Gasteiger partial charge in [-0.2, -0.15) is 0 Å². The third kappa shape index (κ3) is 2.96. The number of rotatable bonds is 4. The lowest BCUT2D eigenvalue weighted by molar-refractivity contribution is 0.0469. The average molecular weight is 226 g/mol. The third-order valence-electron chi connectivity index (χ3n) is 4.38. The Morgan fingerprint density at radius 1 is 1.19 bits per heavy atom. The van der Waals surface area contributed by atoms with Crippen LogP contribution >= 0.6 is 0 Å². The average Bonchev–Trinajstić information content (AvgIpc) is 2.35. The summed E-state index contributed by atoms with van der Waals surface area (Å²) in [4.78, 5) is 2.62. The van der Waals surface area contributed by atoms with E-state index in [0.717, 1.165) is 24.9 Å². The molecule has 1 aliphatic carbocycles. The molecule has 0 radical (unpaired) electrons. The maximum Gasteiger partial charge on any atom is 0.0674 e. The lowest BCUT2D eigenvalue weighted by atomic mass is 9.78. The van der Waals surface area contributed by atoms with Gasteiger partial charge in [0.15, 0.2) is 0 Å². The molecule has 0 amide bonds. The molecular formula is C13H26N2O. The zero-order valence-electron chi connectivity index (χ0n) is 10.3. The highest BCUT2D eigenvalue weighted by Crippen LogP contribution is 2.35. The molecule has 0 spiro atoms. The minimum Gasteiger partial charge on any atom is -0.392 e. The molecule has 94 valence electrons. The molecule has 0 aromatic heterocycles. The number of nitrogens with two attached hydrogens (primary N) is 1. The minimum absolute atomic E-state index is 0.302. The zero-order chi connectivity index (χ0) is 11.4. The van der Waals surface area contributed by atoms with Crippen molar-refractivity contribution in [1.82, 2.24) is 4.90 Å². The van der Waals surface area contributed by atoms with Crippen LogP contribution in [-0.2, 0) is 0 Å². The van der Waals surface area contributed by atoms with Crippen LogP contribution in [0.15, 0.2) is 0 Å². The van der Waals surface area contributed by atoms with Crippen molar-refractivity contribution in [1.29, 1.82) is 0 Å². The van der Waals surface area contributed by atoms with E-state index in [4.69, 9.17) is 5.73 Å². The molecular weight excluding hydrogens is 200 g/mol. The molecule has 0 aromatic rings. The second kappa shape index (κ2) is 5.99. The van der Waals surface area contributed by atoms with Gasteiger partial charge in [-0.1, -0.05) is 12.8 Å². The fourth-order valence-corrected chi connectivity index (χ4v) is 3.44. The van der Waals surface area contributed by atoms with E-state index < -0.39 is 0 Å². The molecule has 3 nitrogen and oxygen atoms in total. The van der Waals surface area contributed by atoms with Gasteiger partial charge in [-0.3, -0.25) is 0 Å². The Morgan fingerprint density at radius 2 is 1.94 bits per heavy atom. The van der Waals surface area contributed by atoms with Gasteiger partial charge < -0.3 is 15.7 Å². The molecule has 2 rings (SSSR count). The SMILES string of the molecule is NCC(O)CCN1CCCC2CCCCC21. The Kier molecular flexibility index (Phi) is 4.62. The molecule has 1 saturated heterocycles. The van der Waals surface area contributed by atoms with E-state index in [1.807, 2.05) is 0 Å². The fraction of sp³-hybridized carbons (Fsp3) is 1.00. The van der Waals surface area contributed by atoms with Crippen molar-refractivity contribution in [3.8, 4) is 0 Å². The summed E-state index contributed by atoms with van der Waals surface area (Å²) in [5, 5.41) is 9.53. The van der Waals surface area contributed by atoms with Crippen molar-refractivity contribution in [3.05, 3.63) is 0 Å². The van der Waals surface area contributed by atoms with Gasteiger partial charge in [0.25, 0.3) is 0 Å². The Hall–Kier alpha value is -0.120. The molecule has 1 heterocycles. The quantitative estimate of drug-likeness (QED) is 0.761. The van der Waals surface area contributed by atoms with Crippen LogP contribution in [0, 0.1) is 5.92 Å². The molecule has 3 atom stereocenters. The second-order valence-electron chi connectivity index (χ2n) is 5.47. The summed E-state index contributed by atoms with van der Waals surface area (Å²) in [7, 11) is 0. The number of nitrogens with zero attached hydrogens (tertiary/aromatic N) is 1. The predicted molar refractivity (Wildman–Crippen MR) is 66.2 cm³/mol. The summed E-state index contributed by atoms with van der Waals surface area (Å²) < 4.78 is 0. The number of hydrogen-bond acceptors (Lipinski definition) is 3. The van der Waals surface area contributed by atoms with Crippen molar-refractivity contribution >= 4 is 0 Å². The van der Waals surface area contributed by atoms with Gasteiger partial charge in [-0.25, -0.2) is 0 Å². The Bertz CT molecular complexity index is 208. The number of fused-ring (bicyclic) bond motifs is 1. The van der Waals surface area contributed by atoms with E-state index in [0.29, 0.717) is 6.54 Å². The number of aliphatic hydroxyl groups is 1. The van der Waals surface area contributed by atoms with E-state index in [9.17, 15) is 5.11 Å². The summed E-state index contributed by atoms with van der Waals surface area (Å²) >= 11 is 0. The monoisotopic (exact) mass is 226 g/mol. The minimum atomic E-state index is -0.302. The molecule has 0 bridgehead atoms. The highest BCUT2D eigenvalue weighted by molar-refractivity contribution is 4.87. The maximum atomic E-state index is 9.53. The summed E-state index contributed by atoms with van der Waals surface area (Å²) in [5.74, 6) is 0.942. The van der Waals surface area contributed by atoms with Gasteiger partial charge in [-0.05, 0) is 44.6 Å². The lowest BCUT2D eigenvalue weighted by Crippen LogP contribution is -2.47. The van der Waals surface area contributed by atoms with Gasteiger partial charge in [0.2, 0.25) is 0 Å². The van der Waals surface area contributed by atoms with Crippen molar-refractivity contribution in [2.75, 3.05) is 19.6 Å². The molecule has 2 fully saturated rings. The number of piperidine rings is 1. The topological polar surface area (TPSA) is 49.5 Å². The molecule has 3 unspecified atom stereocenters. The molecule has 16 heavy (non-hydrogen) atoms. The summed E-state index contributed by atoms with van der Waals surface area (Å²) in [6.45, 7) is 2.68. The Labute approximate surface area is 99.0 Å². The van der Waals surface area contributed by atoms with Crippen LogP contribution in [0.5, 0.6) is 0 Å². The van der Waals surface area contributed by atoms with Gasteiger partial charge in [0.05, 0.1) is 6.10 Å². The van der Waals surface area contributed by atoms with Crippen LogP contribution in [0.4, 0.5) is 0 Å². The summed E-state index contributed by atoms with van der Waals surface area (Å²) in [6.07, 6.45) is 8.96. The standard InChI is InChI=1S/C13H26N2O/c14-10-12(16)7-9-15-8-3-5-11-4-1-2-6-13(11)15/h11-13,16H,1-10,14H2. The highest BCUT2D eigenvalue weighted by Gasteiger charge is 2.32. The molecule has 1 saturated carbocycles. The van der Waals surface area contributed by atoms with Crippen LogP contribution in [0.3, 0.4) is 0 Å². The zero-order valence-corrected chi connectivity index (χ0v) is 10.3. The molecule has 2 aliphatic rings. The fourth-order valence-electron chi connectivity index (χ4n) is 3.44. The number of aliphatic hydroxyl groups excluding tert-OH is 1. The van der Waals surface area contributed by atoms with Crippen molar-refractivity contribution in [3.63, 3.8) is 0 Å². The van der Waals surface area contributed by atoms with E-state index >= 15 is 0 Å². The highest BCUT2D eigenvalue weighted by atomic mass is 16.3.